The molecule has 0 N–H and O–H groups in total. The molecule has 0 saturated carbocycles. The summed E-state index contributed by atoms with van der Waals surface area (Å²) >= 11 is 7.33. The first-order chi connectivity index (χ1) is 10.5. The molecule has 3 rings (SSSR count). The second kappa shape index (κ2) is 5.87. The van der Waals surface area contributed by atoms with Crippen molar-refractivity contribution in [1.82, 2.24) is 0 Å². The van der Waals surface area contributed by atoms with Gasteiger partial charge in [0.2, 0.25) is 0 Å². The second-order valence-corrected chi connectivity index (χ2v) is 8.17. The van der Waals surface area contributed by atoms with Crippen LogP contribution in [0, 0.1) is 0 Å². The van der Waals surface area contributed by atoms with Crippen LogP contribution in [0.1, 0.15) is 9.67 Å². The van der Waals surface area contributed by atoms with Gasteiger partial charge in [-0.1, -0.05) is 23.7 Å². The molecule has 1 aromatic heterocycles. The molecule has 0 saturated heterocycles. The fourth-order valence-electron chi connectivity index (χ4n) is 2.32. The lowest BCUT2D eigenvalue weighted by Gasteiger charge is -2.27. The van der Waals surface area contributed by atoms with Crippen LogP contribution < -0.4 is 4.90 Å². The van der Waals surface area contributed by atoms with Gasteiger partial charge in [-0.3, -0.25) is 9.69 Å². The van der Waals surface area contributed by atoms with E-state index in [1.165, 1.54) is 16.2 Å². The molecule has 4 nitrogen and oxygen atoms in total. The molecule has 0 fully saturated rings. The zero-order chi connectivity index (χ0) is 15.7. The van der Waals surface area contributed by atoms with Gasteiger partial charge in [-0.25, -0.2) is 8.42 Å². The number of anilines is 1. The van der Waals surface area contributed by atoms with Crippen molar-refractivity contribution in [3.63, 3.8) is 0 Å². The molecule has 2 aromatic rings. The molecule has 114 valence electrons. The van der Waals surface area contributed by atoms with E-state index in [1.54, 1.807) is 42.5 Å². The number of benzene rings is 1. The molecule has 0 radical (unpaired) electrons. The summed E-state index contributed by atoms with van der Waals surface area (Å²) in [6, 6.07) is 9.83. The van der Waals surface area contributed by atoms with Crippen molar-refractivity contribution in [2.24, 2.45) is 0 Å². The molecule has 0 bridgehead atoms. The van der Waals surface area contributed by atoms with Crippen LogP contribution in [-0.4, -0.2) is 26.1 Å². The number of hydrogen-bond acceptors (Lipinski definition) is 4. The van der Waals surface area contributed by atoms with E-state index in [4.69, 9.17) is 11.6 Å². The SMILES string of the molecule is O=C(c1cccs1)N(c1cccc(Cl)c1)[C@@H]1C=CS(=O)(=O)C1. The van der Waals surface area contributed by atoms with Crippen molar-refractivity contribution in [1.29, 1.82) is 0 Å². The van der Waals surface area contributed by atoms with Gasteiger partial charge < -0.3 is 0 Å². The molecular weight excluding hydrogens is 342 g/mol. The van der Waals surface area contributed by atoms with E-state index in [9.17, 15) is 13.2 Å². The molecule has 1 aliphatic heterocycles. The minimum absolute atomic E-state index is 0.114. The Morgan fingerprint density at radius 1 is 1.27 bits per heavy atom. The van der Waals surface area contributed by atoms with Crippen molar-refractivity contribution in [2.75, 3.05) is 10.7 Å². The number of hydrogen-bond donors (Lipinski definition) is 0. The first-order valence-electron chi connectivity index (χ1n) is 6.50. The number of halogens is 1. The maximum absolute atomic E-state index is 12.8. The maximum Gasteiger partial charge on any atom is 0.268 e. The lowest BCUT2D eigenvalue weighted by atomic mass is 10.2. The van der Waals surface area contributed by atoms with Gasteiger partial charge in [0.15, 0.2) is 9.84 Å². The van der Waals surface area contributed by atoms with Crippen LogP contribution in [-0.2, 0) is 9.84 Å². The molecule has 2 heterocycles. The maximum atomic E-state index is 12.8. The van der Waals surface area contributed by atoms with E-state index in [-0.39, 0.29) is 11.7 Å². The molecular formula is C15H12ClNO3S2. The molecule has 22 heavy (non-hydrogen) atoms. The van der Waals surface area contributed by atoms with Crippen LogP contribution in [0.5, 0.6) is 0 Å². The monoisotopic (exact) mass is 353 g/mol. The lowest BCUT2D eigenvalue weighted by Crippen LogP contribution is -2.40. The predicted octanol–water partition coefficient (Wildman–Crippen LogP) is 3.36. The van der Waals surface area contributed by atoms with Crippen molar-refractivity contribution >= 4 is 44.4 Å². The summed E-state index contributed by atoms with van der Waals surface area (Å²) < 4.78 is 23.4. The Hall–Kier alpha value is -1.63. The summed E-state index contributed by atoms with van der Waals surface area (Å²) in [6.45, 7) is 0. The van der Waals surface area contributed by atoms with Crippen LogP contribution in [0.25, 0.3) is 0 Å². The van der Waals surface area contributed by atoms with Crippen molar-refractivity contribution < 1.29 is 13.2 Å². The molecule has 7 heteroatoms. The Bertz CT molecular complexity index is 828. The lowest BCUT2D eigenvalue weighted by molar-refractivity contribution is 0.0987. The molecule has 1 amide bonds. The summed E-state index contributed by atoms with van der Waals surface area (Å²) in [7, 11) is -3.26. The highest BCUT2D eigenvalue weighted by atomic mass is 35.5. The smallest absolute Gasteiger partial charge is 0.268 e. The van der Waals surface area contributed by atoms with Gasteiger partial charge in [0, 0.05) is 16.1 Å². The zero-order valence-electron chi connectivity index (χ0n) is 11.3. The third-order valence-corrected chi connectivity index (χ3v) is 5.75. The minimum atomic E-state index is -3.26. The fourth-order valence-corrected chi connectivity index (χ4v) is 4.44. The molecule has 0 spiro atoms. The third kappa shape index (κ3) is 3.09. The highest BCUT2D eigenvalue weighted by Gasteiger charge is 2.32. The van der Waals surface area contributed by atoms with Gasteiger partial charge in [-0.2, -0.15) is 0 Å². The average Bonchev–Trinajstić information content (AvgIpc) is 3.09. The van der Waals surface area contributed by atoms with E-state index >= 15 is 0 Å². The van der Waals surface area contributed by atoms with Gasteiger partial charge in [0.25, 0.3) is 5.91 Å². The quantitative estimate of drug-likeness (QED) is 0.850. The first kappa shape index (κ1) is 15.3. The van der Waals surface area contributed by atoms with Crippen LogP contribution in [0.4, 0.5) is 5.69 Å². The number of sulfone groups is 1. The predicted molar refractivity (Wildman–Crippen MR) is 89.3 cm³/mol. The first-order valence-corrected chi connectivity index (χ1v) is 9.47. The van der Waals surface area contributed by atoms with Crippen LogP contribution >= 0.6 is 22.9 Å². The van der Waals surface area contributed by atoms with Crippen molar-refractivity contribution in [2.45, 2.75) is 6.04 Å². The highest BCUT2D eigenvalue weighted by Crippen LogP contribution is 2.28. The Morgan fingerprint density at radius 2 is 2.09 bits per heavy atom. The van der Waals surface area contributed by atoms with Gasteiger partial charge in [-0.15, -0.1) is 11.3 Å². The largest absolute Gasteiger partial charge is 0.300 e. The Labute approximate surface area is 137 Å². The number of carbonyl (C=O) groups is 1. The third-order valence-electron chi connectivity index (χ3n) is 3.28. The van der Waals surface area contributed by atoms with Crippen LogP contribution in [0.15, 0.2) is 53.3 Å². The van der Waals surface area contributed by atoms with E-state index in [0.29, 0.717) is 15.6 Å². The van der Waals surface area contributed by atoms with Crippen molar-refractivity contribution in [3.05, 3.63) is 63.2 Å². The Morgan fingerprint density at radius 3 is 2.68 bits per heavy atom. The van der Waals surface area contributed by atoms with E-state index < -0.39 is 15.9 Å². The summed E-state index contributed by atoms with van der Waals surface area (Å²) in [6.07, 6.45) is 1.54. The van der Waals surface area contributed by atoms with E-state index in [0.717, 1.165) is 5.41 Å². The zero-order valence-corrected chi connectivity index (χ0v) is 13.7. The van der Waals surface area contributed by atoms with Crippen molar-refractivity contribution in [3.8, 4) is 0 Å². The molecule has 0 unspecified atom stereocenters. The van der Waals surface area contributed by atoms with Gasteiger partial charge in [0.05, 0.1) is 16.7 Å². The van der Waals surface area contributed by atoms with E-state index in [2.05, 4.69) is 0 Å². The Kier molecular flexibility index (Phi) is 4.08. The molecule has 1 atom stereocenters. The molecule has 0 aliphatic carbocycles. The summed E-state index contributed by atoms with van der Waals surface area (Å²) in [5.41, 5.74) is 0.581. The number of thiophene rings is 1. The number of carbonyl (C=O) groups excluding carboxylic acids is 1. The second-order valence-electron chi connectivity index (χ2n) is 4.86. The minimum Gasteiger partial charge on any atom is -0.300 e. The van der Waals surface area contributed by atoms with Gasteiger partial charge >= 0.3 is 0 Å². The number of amides is 1. The number of nitrogens with zero attached hydrogens (tertiary/aromatic N) is 1. The summed E-state index contributed by atoms with van der Waals surface area (Å²) in [5.74, 6) is -0.347. The Balaban J connectivity index is 2.03. The van der Waals surface area contributed by atoms with Gasteiger partial charge in [-0.05, 0) is 35.7 Å². The average molecular weight is 354 g/mol. The van der Waals surface area contributed by atoms with E-state index in [1.807, 2.05) is 5.38 Å². The number of rotatable bonds is 3. The highest BCUT2D eigenvalue weighted by molar-refractivity contribution is 7.94. The fraction of sp³-hybridized carbons (Fsp3) is 0.133. The topological polar surface area (TPSA) is 54.5 Å². The summed E-state index contributed by atoms with van der Waals surface area (Å²) in [5, 5.41) is 3.47. The normalized spacial score (nSPS) is 19.2. The van der Waals surface area contributed by atoms with Crippen LogP contribution in [0.2, 0.25) is 5.02 Å². The molecule has 1 aliphatic rings. The standard InChI is InChI=1S/C15H12ClNO3S2/c16-11-3-1-4-12(9-11)17(13-6-8-22(19,20)10-13)15(18)14-5-2-7-21-14/h1-9,13H,10H2/t13-/m1/s1. The summed E-state index contributed by atoms with van der Waals surface area (Å²) in [4.78, 5) is 14.8. The molecule has 1 aromatic carbocycles. The van der Waals surface area contributed by atoms with Gasteiger partial charge in [0.1, 0.15) is 0 Å². The van der Waals surface area contributed by atoms with Crippen LogP contribution in [0.3, 0.4) is 0 Å².